The van der Waals surface area contributed by atoms with Crippen LogP contribution >= 0.6 is 11.6 Å². The maximum Gasteiger partial charge on any atom is 0.106 e. The Morgan fingerprint density at radius 2 is 1.86 bits per heavy atom. The molecule has 0 saturated carbocycles. The van der Waals surface area contributed by atoms with Crippen molar-refractivity contribution in [3.63, 3.8) is 0 Å². The lowest BCUT2D eigenvalue weighted by Gasteiger charge is -2.21. The molecule has 1 rings (SSSR count). The van der Waals surface area contributed by atoms with Crippen LogP contribution in [0, 0.1) is 6.92 Å². The van der Waals surface area contributed by atoms with E-state index in [9.17, 15) is 0 Å². The number of hydrogen-bond acceptors (Lipinski definition) is 1. The van der Waals surface area contributed by atoms with Crippen molar-refractivity contribution in [2.45, 2.75) is 38.6 Å². The Kier molecular flexibility index (Phi) is 3.23. The molecule has 0 aliphatic heterocycles. The molecule has 1 aromatic rings. The molecule has 2 N–H and O–H groups in total. The standard InChI is InChI=1S/C12H18ClN/c1-8-5-6-9(12(2,3)4)7-10(8)11(13)14/h5-7,11H,14H2,1-4H3. The first-order chi connectivity index (χ1) is 6.32. The van der Waals surface area contributed by atoms with Crippen LogP contribution < -0.4 is 5.73 Å². The second-order valence-electron chi connectivity index (χ2n) is 4.72. The number of alkyl halides is 1. The highest BCUT2D eigenvalue weighted by atomic mass is 35.5. The van der Waals surface area contributed by atoms with Crippen LogP contribution in [0.15, 0.2) is 18.2 Å². The maximum absolute atomic E-state index is 5.91. The van der Waals surface area contributed by atoms with E-state index >= 15 is 0 Å². The third kappa shape index (κ3) is 2.49. The summed E-state index contributed by atoms with van der Waals surface area (Å²) >= 11 is 5.91. The zero-order chi connectivity index (χ0) is 10.9. The molecule has 0 spiro atoms. The van der Waals surface area contributed by atoms with Crippen LogP contribution in [0.25, 0.3) is 0 Å². The Labute approximate surface area is 91.3 Å². The van der Waals surface area contributed by atoms with E-state index < -0.39 is 5.50 Å². The molecule has 78 valence electrons. The molecule has 0 amide bonds. The molecule has 0 bridgehead atoms. The van der Waals surface area contributed by atoms with Gasteiger partial charge < -0.3 is 5.73 Å². The molecule has 1 nitrogen and oxygen atoms in total. The first kappa shape index (κ1) is 11.5. The number of hydrogen-bond donors (Lipinski definition) is 1. The van der Waals surface area contributed by atoms with Crippen molar-refractivity contribution in [3.8, 4) is 0 Å². The topological polar surface area (TPSA) is 26.0 Å². The summed E-state index contributed by atoms with van der Waals surface area (Å²) in [7, 11) is 0. The van der Waals surface area contributed by atoms with Gasteiger partial charge in [0.1, 0.15) is 5.50 Å². The zero-order valence-corrected chi connectivity index (χ0v) is 10.0. The minimum absolute atomic E-state index is 0.147. The van der Waals surface area contributed by atoms with Crippen molar-refractivity contribution in [2.75, 3.05) is 0 Å². The Morgan fingerprint density at radius 3 is 2.29 bits per heavy atom. The summed E-state index contributed by atoms with van der Waals surface area (Å²) in [6.45, 7) is 8.58. The van der Waals surface area contributed by atoms with Gasteiger partial charge in [0.15, 0.2) is 0 Å². The second-order valence-corrected chi connectivity index (χ2v) is 5.19. The van der Waals surface area contributed by atoms with Crippen molar-refractivity contribution >= 4 is 11.6 Å². The van der Waals surface area contributed by atoms with Crippen LogP contribution in [-0.4, -0.2) is 0 Å². The van der Waals surface area contributed by atoms with Gasteiger partial charge in [0.25, 0.3) is 0 Å². The number of halogens is 1. The van der Waals surface area contributed by atoms with Gasteiger partial charge in [-0.2, -0.15) is 0 Å². The summed E-state index contributed by atoms with van der Waals surface area (Å²) in [4.78, 5) is 0. The van der Waals surface area contributed by atoms with Gasteiger partial charge in [0.05, 0.1) is 0 Å². The highest BCUT2D eigenvalue weighted by Crippen LogP contribution is 2.27. The molecule has 0 aliphatic rings. The summed E-state index contributed by atoms with van der Waals surface area (Å²) in [5.41, 5.74) is 8.89. The van der Waals surface area contributed by atoms with Crippen LogP contribution in [0.2, 0.25) is 0 Å². The molecule has 0 fully saturated rings. The summed E-state index contributed by atoms with van der Waals surface area (Å²) in [5.74, 6) is 0. The maximum atomic E-state index is 5.91. The highest BCUT2D eigenvalue weighted by molar-refractivity contribution is 6.20. The number of benzene rings is 1. The minimum atomic E-state index is -0.405. The van der Waals surface area contributed by atoms with Gasteiger partial charge in [0, 0.05) is 0 Å². The van der Waals surface area contributed by atoms with E-state index in [0.717, 1.165) is 11.1 Å². The highest BCUT2D eigenvalue weighted by Gasteiger charge is 2.15. The Morgan fingerprint density at radius 1 is 1.29 bits per heavy atom. The number of aryl methyl sites for hydroxylation is 1. The minimum Gasteiger partial charge on any atom is -0.312 e. The third-order valence-corrected chi connectivity index (χ3v) is 2.68. The molecular weight excluding hydrogens is 194 g/mol. The van der Waals surface area contributed by atoms with Crippen LogP contribution in [0.4, 0.5) is 0 Å². The first-order valence-electron chi connectivity index (χ1n) is 4.83. The third-order valence-electron chi connectivity index (χ3n) is 2.44. The van der Waals surface area contributed by atoms with Gasteiger partial charge in [0.2, 0.25) is 0 Å². The lowest BCUT2D eigenvalue weighted by Crippen LogP contribution is -2.13. The Balaban J connectivity index is 3.20. The SMILES string of the molecule is Cc1ccc(C(C)(C)C)cc1C(N)Cl. The van der Waals surface area contributed by atoms with Gasteiger partial charge in [-0.15, -0.1) is 11.6 Å². The largest absolute Gasteiger partial charge is 0.312 e. The Bertz CT molecular complexity index is 324. The first-order valence-corrected chi connectivity index (χ1v) is 5.26. The summed E-state index contributed by atoms with van der Waals surface area (Å²) < 4.78 is 0. The monoisotopic (exact) mass is 211 g/mol. The van der Waals surface area contributed by atoms with Crippen LogP contribution in [-0.2, 0) is 5.41 Å². The molecule has 14 heavy (non-hydrogen) atoms. The average molecular weight is 212 g/mol. The van der Waals surface area contributed by atoms with E-state index in [1.165, 1.54) is 5.56 Å². The normalized spacial score (nSPS) is 14.1. The molecule has 0 saturated heterocycles. The summed E-state index contributed by atoms with van der Waals surface area (Å²) in [5, 5.41) is 0. The molecule has 0 aliphatic carbocycles. The van der Waals surface area contributed by atoms with E-state index in [0.29, 0.717) is 0 Å². The molecule has 0 heterocycles. The van der Waals surface area contributed by atoms with Gasteiger partial charge in [-0.1, -0.05) is 39.0 Å². The predicted molar refractivity (Wildman–Crippen MR) is 62.7 cm³/mol. The molecule has 0 radical (unpaired) electrons. The van der Waals surface area contributed by atoms with Crippen molar-refractivity contribution in [1.29, 1.82) is 0 Å². The summed E-state index contributed by atoms with van der Waals surface area (Å²) in [6, 6.07) is 6.32. The number of rotatable bonds is 1. The van der Waals surface area contributed by atoms with E-state index in [-0.39, 0.29) is 5.41 Å². The van der Waals surface area contributed by atoms with E-state index in [1.807, 2.05) is 6.92 Å². The van der Waals surface area contributed by atoms with E-state index in [1.54, 1.807) is 0 Å². The lowest BCUT2D eigenvalue weighted by molar-refractivity contribution is 0.589. The molecule has 1 aromatic carbocycles. The molecule has 0 aromatic heterocycles. The molecule has 1 unspecified atom stereocenters. The van der Waals surface area contributed by atoms with Gasteiger partial charge in [-0.25, -0.2) is 0 Å². The van der Waals surface area contributed by atoms with Gasteiger partial charge in [-0.3, -0.25) is 0 Å². The molecule has 1 atom stereocenters. The second kappa shape index (κ2) is 3.92. The molecular formula is C12H18ClN. The van der Waals surface area contributed by atoms with Crippen molar-refractivity contribution in [3.05, 3.63) is 34.9 Å². The van der Waals surface area contributed by atoms with Gasteiger partial charge in [-0.05, 0) is 29.0 Å². The fraction of sp³-hybridized carbons (Fsp3) is 0.500. The zero-order valence-electron chi connectivity index (χ0n) is 9.26. The average Bonchev–Trinajstić information content (AvgIpc) is 2.02. The fourth-order valence-corrected chi connectivity index (χ4v) is 1.64. The Hall–Kier alpha value is -0.530. The van der Waals surface area contributed by atoms with E-state index in [4.69, 9.17) is 17.3 Å². The smallest absolute Gasteiger partial charge is 0.106 e. The van der Waals surface area contributed by atoms with Gasteiger partial charge >= 0.3 is 0 Å². The van der Waals surface area contributed by atoms with Crippen molar-refractivity contribution < 1.29 is 0 Å². The summed E-state index contributed by atoms with van der Waals surface area (Å²) in [6.07, 6.45) is 0. The molecule has 2 heteroatoms. The van der Waals surface area contributed by atoms with Crippen LogP contribution in [0.1, 0.15) is 43.0 Å². The lowest BCUT2D eigenvalue weighted by atomic mass is 9.85. The fourth-order valence-electron chi connectivity index (χ4n) is 1.40. The predicted octanol–water partition coefficient (Wildman–Crippen LogP) is 3.49. The van der Waals surface area contributed by atoms with Crippen LogP contribution in [0.5, 0.6) is 0 Å². The van der Waals surface area contributed by atoms with Crippen LogP contribution in [0.3, 0.4) is 0 Å². The van der Waals surface area contributed by atoms with Crippen molar-refractivity contribution in [1.82, 2.24) is 0 Å². The van der Waals surface area contributed by atoms with E-state index in [2.05, 4.69) is 39.0 Å². The van der Waals surface area contributed by atoms with Crippen molar-refractivity contribution in [2.24, 2.45) is 5.73 Å². The quantitative estimate of drug-likeness (QED) is 0.559. The number of nitrogens with two attached hydrogens (primary N) is 1.